The third kappa shape index (κ3) is 4.34. The van der Waals surface area contributed by atoms with Crippen molar-refractivity contribution in [2.45, 2.75) is 23.8 Å². The Bertz CT molecular complexity index is 663. The number of nitrogens with one attached hydrogen (secondary N) is 1. The molecule has 21 heavy (non-hydrogen) atoms. The molecule has 1 atom stereocenters. The topological polar surface area (TPSA) is 89.3 Å². The average molecular weight is 332 g/mol. The molecule has 116 valence electrons. The molecule has 0 saturated carbocycles. The van der Waals surface area contributed by atoms with E-state index in [1.54, 1.807) is 13.0 Å². The predicted octanol–water partition coefficient (Wildman–Crippen LogP) is 1.19. The first kappa shape index (κ1) is 16.1. The van der Waals surface area contributed by atoms with Gasteiger partial charge in [-0.15, -0.1) is 11.8 Å². The van der Waals surface area contributed by atoms with Crippen LogP contribution in [0.1, 0.15) is 13.3 Å². The van der Waals surface area contributed by atoms with Crippen molar-refractivity contribution in [2.75, 3.05) is 23.0 Å². The number of sulfone groups is 1. The lowest BCUT2D eigenvalue weighted by Crippen LogP contribution is -2.47. The minimum absolute atomic E-state index is 0.0243. The van der Waals surface area contributed by atoms with Gasteiger partial charge in [-0.25, -0.2) is 12.8 Å². The SMILES string of the molecule is CC1(NC(=O)CSc2ccc(N)cc2F)CCS(=O)(=O)C1. The predicted molar refractivity (Wildman–Crippen MR) is 81.4 cm³/mol. The van der Waals surface area contributed by atoms with Crippen LogP contribution in [0.5, 0.6) is 0 Å². The molecule has 3 N–H and O–H groups in total. The van der Waals surface area contributed by atoms with Gasteiger partial charge in [0.1, 0.15) is 5.82 Å². The highest BCUT2D eigenvalue weighted by Crippen LogP contribution is 2.25. The number of nitrogens with two attached hydrogens (primary N) is 1. The van der Waals surface area contributed by atoms with Crippen LogP contribution >= 0.6 is 11.8 Å². The highest BCUT2D eigenvalue weighted by atomic mass is 32.2. The Kier molecular flexibility index (Phi) is 4.48. The van der Waals surface area contributed by atoms with E-state index in [-0.39, 0.29) is 23.2 Å². The zero-order valence-corrected chi connectivity index (χ0v) is 13.2. The van der Waals surface area contributed by atoms with Crippen LogP contribution in [0.4, 0.5) is 10.1 Å². The van der Waals surface area contributed by atoms with Crippen LogP contribution in [0.2, 0.25) is 0 Å². The third-order valence-corrected chi connectivity index (χ3v) is 6.21. The fourth-order valence-corrected chi connectivity index (χ4v) is 5.07. The number of hydrogen-bond acceptors (Lipinski definition) is 5. The van der Waals surface area contributed by atoms with Gasteiger partial charge in [0.05, 0.1) is 22.8 Å². The summed E-state index contributed by atoms with van der Waals surface area (Å²) >= 11 is 1.05. The maximum absolute atomic E-state index is 13.6. The highest BCUT2D eigenvalue weighted by Gasteiger charge is 2.39. The Hall–Kier alpha value is -1.28. The van der Waals surface area contributed by atoms with Gasteiger partial charge in [0.2, 0.25) is 5.91 Å². The smallest absolute Gasteiger partial charge is 0.230 e. The zero-order chi connectivity index (χ0) is 15.7. The van der Waals surface area contributed by atoms with Crippen molar-refractivity contribution in [2.24, 2.45) is 0 Å². The number of anilines is 1. The third-order valence-electron chi connectivity index (χ3n) is 3.26. The summed E-state index contributed by atoms with van der Waals surface area (Å²) in [7, 11) is -3.07. The largest absolute Gasteiger partial charge is 0.399 e. The number of halogens is 1. The van der Waals surface area contributed by atoms with E-state index in [1.165, 1.54) is 12.1 Å². The first-order valence-electron chi connectivity index (χ1n) is 6.38. The number of thioether (sulfide) groups is 1. The molecule has 1 aromatic rings. The van der Waals surface area contributed by atoms with Gasteiger partial charge in [0.25, 0.3) is 0 Å². The van der Waals surface area contributed by atoms with Crippen LogP contribution in [0.25, 0.3) is 0 Å². The maximum Gasteiger partial charge on any atom is 0.230 e. The monoisotopic (exact) mass is 332 g/mol. The minimum Gasteiger partial charge on any atom is -0.399 e. The Morgan fingerprint density at radius 3 is 2.81 bits per heavy atom. The summed E-state index contributed by atoms with van der Waals surface area (Å²) < 4.78 is 36.5. The minimum atomic E-state index is -3.07. The Morgan fingerprint density at radius 1 is 1.52 bits per heavy atom. The second-order valence-electron chi connectivity index (χ2n) is 5.43. The molecule has 1 unspecified atom stereocenters. The van der Waals surface area contributed by atoms with Crippen molar-refractivity contribution in [1.82, 2.24) is 5.32 Å². The molecule has 1 fully saturated rings. The van der Waals surface area contributed by atoms with E-state index >= 15 is 0 Å². The molecule has 0 aliphatic carbocycles. The fourth-order valence-electron chi connectivity index (χ4n) is 2.26. The Labute approximate surface area is 127 Å². The molecule has 1 saturated heterocycles. The van der Waals surface area contributed by atoms with Gasteiger partial charge in [-0.2, -0.15) is 0 Å². The standard InChI is InChI=1S/C13H17FN2O3S2/c1-13(4-5-21(18,19)8-13)16-12(17)7-20-11-3-2-9(15)6-10(11)14/h2-3,6H,4-5,7-8,15H2,1H3,(H,16,17). The van der Waals surface area contributed by atoms with Gasteiger partial charge >= 0.3 is 0 Å². The molecule has 1 amide bonds. The molecular formula is C13H17FN2O3S2. The number of amides is 1. The second-order valence-corrected chi connectivity index (χ2v) is 8.63. The fraction of sp³-hybridized carbons (Fsp3) is 0.462. The molecule has 2 rings (SSSR count). The van der Waals surface area contributed by atoms with Gasteiger partial charge in [-0.1, -0.05) is 0 Å². The first-order chi connectivity index (χ1) is 9.69. The highest BCUT2D eigenvalue weighted by molar-refractivity contribution is 8.00. The van der Waals surface area contributed by atoms with E-state index in [1.807, 2.05) is 0 Å². The molecule has 1 aromatic carbocycles. The van der Waals surface area contributed by atoms with E-state index in [0.29, 0.717) is 17.0 Å². The summed E-state index contributed by atoms with van der Waals surface area (Å²) in [5, 5.41) is 2.73. The number of nitrogen functional groups attached to an aromatic ring is 1. The summed E-state index contributed by atoms with van der Waals surface area (Å²) in [5.74, 6) is -0.717. The molecular weight excluding hydrogens is 315 g/mol. The van der Waals surface area contributed by atoms with E-state index in [0.717, 1.165) is 11.8 Å². The molecule has 1 heterocycles. The van der Waals surface area contributed by atoms with Crippen LogP contribution in [-0.4, -0.2) is 37.1 Å². The first-order valence-corrected chi connectivity index (χ1v) is 9.19. The number of carbonyl (C=O) groups excluding carboxylic acids is 1. The lowest BCUT2D eigenvalue weighted by molar-refractivity contribution is -0.120. The number of benzene rings is 1. The van der Waals surface area contributed by atoms with Crippen molar-refractivity contribution >= 4 is 33.2 Å². The molecule has 8 heteroatoms. The quantitative estimate of drug-likeness (QED) is 0.639. The molecule has 0 spiro atoms. The van der Waals surface area contributed by atoms with Crippen LogP contribution in [0.3, 0.4) is 0 Å². The summed E-state index contributed by atoms with van der Waals surface area (Å²) in [6, 6.07) is 4.28. The molecule has 0 bridgehead atoms. The molecule has 1 aliphatic rings. The number of rotatable bonds is 4. The summed E-state index contributed by atoms with van der Waals surface area (Å²) in [6.07, 6.45) is 0.405. The van der Waals surface area contributed by atoms with Crippen LogP contribution in [0.15, 0.2) is 23.1 Å². The molecule has 5 nitrogen and oxygen atoms in total. The Morgan fingerprint density at radius 2 is 2.24 bits per heavy atom. The van der Waals surface area contributed by atoms with Gasteiger partial charge in [0, 0.05) is 10.6 Å². The average Bonchev–Trinajstić information content (AvgIpc) is 2.62. The van der Waals surface area contributed by atoms with Gasteiger partial charge in [-0.05, 0) is 31.5 Å². The molecule has 0 radical (unpaired) electrons. The van der Waals surface area contributed by atoms with Crippen molar-refractivity contribution in [3.63, 3.8) is 0 Å². The second kappa shape index (κ2) is 5.84. The normalized spacial score (nSPS) is 23.9. The summed E-state index contributed by atoms with van der Waals surface area (Å²) in [5.41, 5.74) is 5.05. The summed E-state index contributed by atoms with van der Waals surface area (Å²) in [4.78, 5) is 12.2. The van der Waals surface area contributed by atoms with Gasteiger partial charge < -0.3 is 11.1 Å². The molecule has 0 aromatic heterocycles. The maximum atomic E-state index is 13.6. The Balaban J connectivity index is 1.91. The zero-order valence-electron chi connectivity index (χ0n) is 11.6. The molecule has 1 aliphatic heterocycles. The van der Waals surface area contributed by atoms with Crippen molar-refractivity contribution in [3.05, 3.63) is 24.0 Å². The van der Waals surface area contributed by atoms with Crippen molar-refractivity contribution in [3.8, 4) is 0 Å². The van der Waals surface area contributed by atoms with Crippen LogP contribution in [0, 0.1) is 5.82 Å². The van der Waals surface area contributed by atoms with Crippen molar-refractivity contribution in [1.29, 1.82) is 0 Å². The van der Waals surface area contributed by atoms with E-state index in [2.05, 4.69) is 5.32 Å². The van der Waals surface area contributed by atoms with Crippen molar-refractivity contribution < 1.29 is 17.6 Å². The van der Waals surface area contributed by atoms with Crippen LogP contribution in [-0.2, 0) is 14.6 Å². The van der Waals surface area contributed by atoms with Gasteiger partial charge in [0.15, 0.2) is 9.84 Å². The lowest BCUT2D eigenvalue weighted by Gasteiger charge is -2.23. The van der Waals surface area contributed by atoms with Crippen LogP contribution < -0.4 is 11.1 Å². The van der Waals surface area contributed by atoms with Gasteiger partial charge in [-0.3, -0.25) is 4.79 Å². The van der Waals surface area contributed by atoms with E-state index in [9.17, 15) is 17.6 Å². The van der Waals surface area contributed by atoms with E-state index < -0.39 is 21.2 Å². The lowest BCUT2D eigenvalue weighted by atomic mass is 10.0. The number of carbonyl (C=O) groups is 1. The van der Waals surface area contributed by atoms with E-state index in [4.69, 9.17) is 5.73 Å². The summed E-state index contributed by atoms with van der Waals surface area (Å²) in [6.45, 7) is 1.71. The number of hydrogen-bond donors (Lipinski definition) is 2.